The van der Waals surface area contributed by atoms with Crippen molar-refractivity contribution in [2.45, 2.75) is 18.9 Å². The number of nitrogens with zero attached hydrogens (tertiary/aromatic N) is 2. The van der Waals surface area contributed by atoms with Gasteiger partial charge < -0.3 is 9.84 Å². The van der Waals surface area contributed by atoms with Crippen molar-refractivity contribution in [3.05, 3.63) is 64.1 Å². The maximum Gasteiger partial charge on any atom is 0.273 e. The second-order valence-electron chi connectivity index (χ2n) is 6.54. The number of amides is 1. The molecule has 0 unspecified atom stereocenters. The lowest BCUT2D eigenvalue weighted by atomic mass is 10.1. The molecule has 7 heteroatoms. The normalized spacial score (nSPS) is 15.7. The molecule has 4 rings (SSSR count). The van der Waals surface area contributed by atoms with E-state index in [2.05, 4.69) is 15.4 Å². The van der Waals surface area contributed by atoms with E-state index in [-0.39, 0.29) is 17.6 Å². The molecule has 2 aromatic heterocycles. The van der Waals surface area contributed by atoms with Crippen LogP contribution in [0, 0.1) is 0 Å². The van der Waals surface area contributed by atoms with Crippen molar-refractivity contribution in [2.24, 2.45) is 0 Å². The van der Waals surface area contributed by atoms with Crippen LogP contribution in [0.15, 0.2) is 52.4 Å². The minimum absolute atomic E-state index is 0.0498. The number of benzene rings is 1. The van der Waals surface area contributed by atoms with Gasteiger partial charge in [-0.3, -0.25) is 9.69 Å². The summed E-state index contributed by atoms with van der Waals surface area (Å²) >= 11 is 7.97. The Morgan fingerprint density at radius 1 is 1.26 bits per heavy atom. The highest BCUT2D eigenvalue weighted by Gasteiger charge is 2.26. The SMILES string of the molecule is O=C(NC[C@H](c1ccccc1Cl)N1CCCC1)c1cc(-c2cccs2)on1. The molecule has 1 aliphatic heterocycles. The topological polar surface area (TPSA) is 58.4 Å². The largest absolute Gasteiger partial charge is 0.355 e. The van der Waals surface area contributed by atoms with Crippen LogP contribution in [0.25, 0.3) is 10.6 Å². The summed E-state index contributed by atoms with van der Waals surface area (Å²) in [6, 6.07) is 13.4. The first-order chi connectivity index (χ1) is 13.2. The van der Waals surface area contributed by atoms with Gasteiger partial charge >= 0.3 is 0 Å². The number of hydrogen-bond acceptors (Lipinski definition) is 5. The van der Waals surface area contributed by atoms with Crippen LogP contribution in [-0.2, 0) is 0 Å². The number of carbonyl (C=O) groups excluding carboxylic acids is 1. The smallest absolute Gasteiger partial charge is 0.273 e. The molecule has 3 aromatic rings. The summed E-state index contributed by atoms with van der Waals surface area (Å²) in [5.41, 5.74) is 1.33. The van der Waals surface area contributed by atoms with E-state index in [9.17, 15) is 4.79 Å². The molecule has 0 saturated carbocycles. The number of carbonyl (C=O) groups is 1. The fourth-order valence-electron chi connectivity index (χ4n) is 3.43. The predicted molar refractivity (Wildman–Crippen MR) is 107 cm³/mol. The molecule has 1 aromatic carbocycles. The third-order valence-electron chi connectivity index (χ3n) is 4.81. The minimum atomic E-state index is -0.238. The molecule has 27 heavy (non-hydrogen) atoms. The van der Waals surface area contributed by atoms with Crippen LogP contribution < -0.4 is 5.32 Å². The van der Waals surface area contributed by atoms with Gasteiger partial charge in [0.15, 0.2) is 11.5 Å². The lowest BCUT2D eigenvalue weighted by Crippen LogP contribution is -2.37. The van der Waals surface area contributed by atoms with Crippen molar-refractivity contribution in [3.8, 4) is 10.6 Å². The number of nitrogens with one attached hydrogen (secondary N) is 1. The minimum Gasteiger partial charge on any atom is -0.355 e. The second kappa shape index (κ2) is 8.25. The van der Waals surface area contributed by atoms with Gasteiger partial charge in [-0.2, -0.15) is 0 Å². The first kappa shape index (κ1) is 18.2. The van der Waals surface area contributed by atoms with E-state index in [1.165, 1.54) is 12.8 Å². The lowest BCUT2D eigenvalue weighted by molar-refractivity contribution is 0.0929. The molecule has 1 N–H and O–H groups in total. The second-order valence-corrected chi connectivity index (χ2v) is 7.90. The van der Waals surface area contributed by atoms with Gasteiger partial charge in [0, 0.05) is 17.6 Å². The van der Waals surface area contributed by atoms with Gasteiger partial charge in [0.2, 0.25) is 0 Å². The van der Waals surface area contributed by atoms with Crippen LogP contribution in [0.1, 0.15) is 34.9 Å². The molecule has 3 heterocycles. The van der Waals surface area contributed by atoms with E-state index in [1.54, 1.807) is 17.4 Å². The fourth-order valence-corrected chi connectivity index (χ4v) is 4.37. The molecule has 1 atom stereocenters. The van der Waals surface area contributed by atoms with Crippen molar-refractivity contribution in [1.82, 2.24) is 15.4 Å². The van der Waals surface area contributed by atoms with Crippen LogP contribution in [0.3, 0.4) is 0 Å². The number of likely N-dealkylation sites (tertiary alicyclic amines) is 1. The van der Waals surface area contributed by atoms with Crippen LogP contribution in [0.4, 0.5) is 0 Å². The number of aromatic nitrogens is 1. The summed E-state index contributed by atoms with van der Waals surface area (Å²) in [6.45, 7) is 2.50. The zero-order chi connectivity index (χ0) is 18.6. The molecule has 140 valence electrons. The molecule has 0 bridgehead atoms. The van der Waals surface area contributed by atoms with Crippen LogP contribution in [-0.4, -0.2) is 35.6 Å². The standard InChI is InChI=1S/C20H20ClN3O2S/c21-15-7-2-1-6-14(15)17(24-9-3-4-10-24)13-22-20(25)16-12-18(26-23-16)19-8-5-11-27-19/h1-2,5-8,11-12,17H,3-4,9-10,13H2,(H,22,25)/t17-/m1/s1. The molecule has 1 aliphatic rings. The summed E-state index contributed by atoms with van der Waals surface area (Å²) in [6.07, 6.45) is 2.34. The summed E-state index contributed by atoms with van der Waals surface area (Å²) in [4.78, 5) is 15.9. The maximum atomic E-state index is 12.6. The van der Waals surface area contributed by atoms with Crippen molar-refractivity contribution in [2.75, 3.05) is 19.6 Å². The molecule has 1 saturated heterocycles. The Balaban J connectivity index is 1.47. The van der Waals surface area contributed by atoms with Crippen molar-refractivity contribution in [3.63, 3.8) is 0 Å². The first-order valence-corrected chi connectivity index (χ1v) is 10.3. The number of halogens is 1. The van der Waals surface area contributed by atoms with Crippen molar-refractivity contribution in [1.29, 1.82) is 0 Å². The Morgan fingerprint density at radius 3 is 2.81 bits per heavy atom. The van der Waals surface area contributed by atoms with Crippen LogP contribution in [0.5, 0.6) is 0 Å². The molecular formula is C20H20ClN3O2S. The highest BCUT2D eigenvalue weighted by Crippen LogP contribution is 2.30. The zero-order valence-corrected chi connectivity index (χ0v) is 16.3. The van der Waals surface area contributed by atoms with E-state index in [1.807, 2.05) is 41.8 Å². The lowest BCUT2D eigenvalue weighted by Gasteiger charge is -2.28. The molecule has 0 radical (unpaired) electrons. The summed E-state index contributed by atoms with van der Waals surface area (Å²) in [5, 5.41) is 9.61. The Morgan fingerprint density at radius 2 is 2.07 bits per heavy atom. The molecule has 1 amide bonds. The van der Waals surface area contributed by atoms with Gasteiger partial charge in [0.05, 0.1) is 10.9 Å². The van der Waals surface area contributed by atoms with E-state index in [0.717, 1.165) is 28.6 Å². The number of hydrogen-bond donors (Lipinski definition) is 1. The average Bonchev–Trinajstić information content (AvgIpc) is 3.44. The predicted octanol–water partition coefficient (Wildman–Crippen LogP) is 4.62. The van der Waals surface area contributed by atoms with Gasteiger partial charge in [-0.05, 0) is 49.0 Å². The van der Waals surface area contributed by atoms with Crippen LogP contribution >= 0.6 is 22.9 Å². The summed E-state index contributed by atoms with van der Waals surface area (Å²) < 4.78 is 5.31. The van der Waals surface area contributed by atoms with Gasteiger partial charge in [-0.25, -0.2) is 0 Å². The van der Waals surface area contributed by atoms with E-state index in [4.69, 9.17) is 16.1 Å². The highest BCUT2D eigenvalue weighted by atomic mass is 35.5. The molecule has 1 fully saturated rings. The summed E-state index contributed by atoms with van der Waals surface area (Å²) in [5.74, 6) is 0.371. The Hall–Kier alpha value is -2.15. The Labute approximate surface area is 166 Å². The van der Waals surface area contributed by atoms with Gasteiger partial charge in [-0.1, -0.05) is 41.0 Å². The van der Waals surface area contributed by atoms with E-state index in [0.29, 0.717) is 12.3 Å². The maximum absolute atomic E-state index is 12.6. The van der Waals surface area contributed by atoms with Crippen molar-refractivity contribution < 1.29 is 9.32 Å². The first-order valence-electron chi connectivity index (χ1n) is 8.99. The fraction of sp³-hybridized carbons (Fsp3) is 0.300. The van der Waals surface area contributed by atoms with Gasteiger partial charge in [-0.15, -0.1) is 11.3 Å². The van der Waals surface area contributed by atoms with E-state index < -0.39 is 0 Å². The van der Waals surface area contributed by atoms with Gasteiger partial charge in [0.1, 0.15) is 0 Å². The third-order valence-corrected chi connectivity index (χ3v) is 6.04. The van der Waals surface area contributed by atoms with Crippen LogP contribution in [0.2, 0.25) is 5.02 Å². The quantitative estimate of drug-likeness (QED) is 0.654. The van der Waals surface area contributed by atoms with Gasteiger partial charge in [0.25, 0.3) is 5.91 Å². The Kier molecular flexibility index (Phi) is 5.57. The number of thiophene rings is 1. The van der Waals surface area contributed by atoms with E-state index >= 15 is 0 Å². The average molecular weight is 402 g/mol. The molecule has 0 spiro atoms. The zero-order valence-electron chi connectivity index (χ0n) is 14.7. The Bertz CT molecular complexity index is 904. The molecule has 5 nitrogen and oxygen atoms in total. The third kappa shape index (κ3) is 4.08. The number of rotatable bonds is 6. The van der Waals surface area contributed by atoms with Crippen molar-refractivity contribution >= 4 is 28.8 Å². The molecular weight excluding hydrogens is 382 g/mol. The summed E-state index contributed by atoms with van der Waals surface area (Å²) in [7, 11) is 0. The molecule has 0 aliphatic carbocycles. The highest BCUT2D eigenvalue weighted by molar-refractivity contribution is 7.13. The monoisotopic (exact) mass is 401 g/mol.